The molecule has 0 saturated carbocycles. The van der Waals surface area contributed by atoms with Crippen molar-refractivity contribution >= 4 is 29.1 Å². The Hall–Kier alpha value is -4.24. The molecule has 224 valence electrons. The molecule has 2 N–H and O–H groups in total. The van der Waals surface area contributed by atoms with E-state index in [-0.39, 0.29) is 27.6 Å². The third-order valence-electron chi connectivity index (χ3n) is 7.88. The number of aromatic nitrogens is 4. The molecule has 44 heavy (non-hydrogen) atoms. The van der Waals surface area contributed by atoms with Crippen molar-refractivity contribution in [2.75, 3.05) is 7.11 Å². The molecule has 6 rings (SSSR count). The van der Waals surface area contributed by atoms with Crippen LogP contribution in [0.15, 0.2) is 85.5 Å². The minimum absolute atomic E-state index is 0.138. The first-order chi connectivity index (χ1) is 21.5. The molecule has 8 nitrogen and oxygen atoms in total. The van der Waals surface area contributed by atoms with Crippen LogP contribution in [0.1, 0.15) is 57.5 Å². The minimum Gasteiger partial charge on any atom is -0.496 e. The Balaban J connectivity index is 1.24. The number of nitrogens with one attached hydrogen (secondary N) is 2. The summed E-state index contributed by atoms with van der Waals surface area (Å²) in [6.45, 7) is 1.61. The first-order valence-electron chi connectivity index (χ1n) is 14.5. The summed E-state index contributed by atoms with van der Waals surface area (Å²) in [7, 11) is 1.67. The lowest BCUT2D eigenvalue weighted by Crippen LogP contribution is -2.32. The van der Waals surface area contributed by atoms with E-state index in [4.69, 9.17) is 37.9 Å². The van der Waals surface area contributed by atoms with E-state index >= 15 is 0 Å². The summed E-state index contributed by atoms with van der Waals surface area (Å²) >= 11 is 12.4. The van der Waals surface area contributed by atoms with Crippen molar-refractivity contribution in [1.82, 2.24) is 30.2 Å². The molecule has 1 atom stereocenters. The molecule has 10 heteroatoms. The molecular formula is C34H32Cl2N6O2. The summed E-state index contributed by atoms with van der Waals surface area (Å²) in [6, 6.07) is 20.5. The van der Waals surface area contributed by atoms with Gasteiger partial charge in [0.15, 0.2) is 0 Å². The number of hydrogen-bond acceptors (Lipinski definition) is 6. The van der Waals surface area contributed by atoms with Crippen LogP contribution in [0.4, 0.5) is 0 Å². The number of fused-ring (bicyclic) bond motifs is 1. The van der Waals surface area contributed by atoms with Gasteiger partial charge in [-0.1, -0.05) is 65.7 Å². The van der Waals surface area contributed by atoms with Gasteiger partial charge in [0.05, 0.1) is 46.7 Å². The number of amides is 1. The monoisotopic (exact) mass is 626 g/mol. The number of carbonyl (C=O) groups excluding carboxylic acids is 1. The van der Waals surface area contributed by atoms with Crippen LogP contribution in [0.5, 0.6) is 5.75 Å². The zero-order valence-electron chi connectivity index (χ0n) is 24.3. The lowest BCUT2D eigenvalue weighted by atomic mass is 9.90. The van der Waals surface area contributed by atoms with Gasteiger partial charge in [-0.3, -0.25) is 19.7 Å². The highest BCUT2D eigenvalue weighted by Gasteiger charge is 2.28. The maximum absolute atomic E-state index is 12.9. The number of imidazole rings is 1. The number of rotatable bonds is 10. The van der Waals surface area contributed by atoms with Crippen molar-refractivity contribution in [2.45, 2.75) is 44.9 Å². The van der Waals surface area contributed by atoms with Gasteiger partial charge >= 0.3 is 0 Å². The standard InChI is InChI=1S/C34H32Cl2N6O2/c1-44-30-13-3-2-11-25(30)28-19-39-31(41-28)21-42(29-12-5-9-24-10-6-14-38-33(24)29)20-23-8-4-7-22(15-23)16-40-34(43)32-26(35)17-37-18-27(32)36/h2-4,6-8,10-11,13-15,17-19,29H,5,9,12,16,20-21H2,1H3,(H,39,41)(H,40,43). The molecule has 3 aromatic heterocycles. The second-order valence-corrected chi connectivity index (χ2v) is 11.6. The summed E-state index contributed by atoms with van der Waals surface area (Å²) in [5, 5.41) is 3.37. The van der Waals surface area contributed by atoms with Crippen LogP contribution < -0.4 is 10.1 Å². The van der Waals surface area contributed by atoms with Gasteiger partial charge in [-0.2, -0.15) is 0 Å². The van der Waals surface area contributed by atoms with Crippen LogP contribution >= 0.6 is 23.2 Å². The van der Waals surface area contributed by atoms with E-state index in [2.05, 4.69) is 38.4 Å². The van der Waals surface area contributed by atoms with E-state index in [1.165, 1.54) is 18.0 Å². The van der Waals surface area contributed by atoms with Gasteiger partial charge in [-0.15, -0.1) is 0 Å². The topological polar surface area (TPSA) is 96.0 Å². The summed E-state index contributed by atoms with van der Waals surface area (Å²) in [5.41, 5.74) is 6.52. The van der Waals surface area contributed by atoms with Gasteiger partial charge in [0.25, 0.3) is 5.91 Å². The van der Waals surface area contributed by atoms with Gasteiger partial charge < -0.3 is 15.0 Å². The van der Waals surface area contributed by atoms with E-state index in [9.17, 15) is 4.79 Å². The maximum Gasteiger partial charge on any atom is 0.254 e. The average Bonchev–Trinajstić information content (AvgIpc) is 3.51. The normalized spacial score (nSPS) is 14.3. The van der Waals surface area contributed by atoms with E-state index in [1.807, 2.05) is 54.9 Å². The van der Waals surface area contributed by atoms with Gasteiger partial charge in [0, 0.05) is 43.4 Å². The zero-order valence-corrected chi connectivity index (χ0v) is 25.8. The Morgan fingerprint density at radius 2 is 1.86 bits per heavy atom. The number of halogens is 2. The fourth-order valence-corrected chi connectivity index (χ4v) is 6.35. The summed E-state index contributed by atoms with van der Waals surface area (Å²) in [6.07, 6.45) is 9.77. The van der Waals surface area contributed by atoms with Crippen molar-refractivity contribution < 1.29 is 9.53 Å². The van der Waals surface area contributed by atoms with Crippen LogP contribution in [-0.4, -0.2) is 37.9 Å². The predicted molar refractivity (Wildman–Crippen MR) is 172 cm³/mol. The molecule has 0 radical (unpaired) electrons. The van der Waals surface area contributed by atoms with Gasteiger partial charge in [-0.05, 0) is 54.2 Å². The molecule has 1 unspecified atom stereocenters. The number of aromatic amines is 1. The number of benzene rings is 2. The minimum atomic E-state index is -0.344. The largest absolute Gasteiger partial charge is 0.496 e. The number of para-hydroxylation sites is 1. The second-order valence-electron chi connectivity index (χ2n) is 10.8. The number of ether oxygens (including phenoxy) is 1. The SMILES string of the molecule is COc1ccccc1-c1c[nH]c(CN(Cc2cccc(CNC(=O)c3c(Cl)cncc3Cl)c2)C2CCCc3cccnc32)n1. The smallest absolute Gasteiger partial charge is 0.254 e. The fraction of sp³-hybridized carbons (Fsp3) is 0.235. The summed E-state index contributed by atoms with van der Waals surface area (Å²) in [4.78, 5) is 32.4. The number of methoxy groups -OCH3 is 1. The Morgan fingerprint density at radius 1 is 1.05 bits per heavy atom. The van der Waals surface area contributed by atoms with Crippen LogP contribution in [0.25, 0.3) is 11.3 Å². The van der Waals surface area contributed by atoms with Crippen LogP contribution in [-0.2, 0) is 26.1 Å². The molecule has 0 spiro atoms. The molecule has 0 saturated heterocycles. The molecule has 1 aliphatic rings. The number of carbonyl (C=O) groups is 1. The Labute approximate surface area is 266 Å². The number of H-pyrrole nitrogens is 1. The third-order valence-corrected chi connectivity index (χ3v) is 8.46. The molecule has 5 aromatic rings. The summed E-state index contributed by atoms with van der Waals surface area (Å²) in [5.74, 6) is 1.30. The lowest BCUT2D eigenvalue weighted by molar-refractivity contribution is 0.0951. The van der Waals surface area contributed by atoms with E-state index in [1.54, 1.807) is 7.11 Å². The van der Waals surface area contributed by atoms with Gasteiger partial charge in [0.2, 0.25) is 0 Å². The van der Waals surface area contributed by atoms with E-state index < -0.39 is 0 Å². The number of hydrogen-bond donors (Lipinski definition) is 2. The average molecular weight is 628 g/mol. The van der Waals surface area contributed by atoms with Gasteiger partial charge in [-0.25, -0.2) is 4.98 Å². The number of aryl methyl sites for hydroxylation is 1. The molecule has 1 aliphatic carbocycles. The quantitative estimate of drug-likeness (QED) is 0.170. The Kier molecular flexibility index (Phi) is 9.21. The van der Waals surface area contributed by atoms with Gasteiger partial charge in [0.1, 0.15) is 11.6 Å². The fourth-order valence-electron chi connectivity index (χ4n) is 5.82. The molecule has 3 heterocycles. The Morgan fingerprint density at radius 3 is 2.70 bits per heavy atom. The summed E-state index contributed by atoms with van der Waals surface area (Å²) < 4.78 is 5.57. The number of pyridine rings is 2. The Bertz CT molecular complexity index is 1750. The lowest BCUT2D eigenvalue weighted by Gasteiger charge is -2.34. The highest BCUT2D eigenvalue weighted by Crippen LogP contribution is 2.35. The molecule has 0 bridgehead atoms. The molecule has 1 amide bonds. The van der Waals surface area contributed by atoms with Crippen molar-refractivity contribution in [3.05, 3.63) is 129 Å². The first-order valence-corrected chi connectivity index (χ1v) is 15.3. The highest BCUT2D eigenvalue weighted by atomic mass is 35.5. The third kappa shape index (κ3) is 6.63. The highest BCUT2D eigenvalue weighted by molar-refractivity contribution is 6.39. The van der Waals surface area contributed by atoms with Crippen LogP contribution in [0.3, 0.4) is 0 Å². The number of nitrogens with zero attached hydrogens (tertiary/aromatic N) is 4. The molecular weight excluding hydrogens is 595 g/mol. The van der Waals surface area contributed by atoms with Crippen LogP contribution in [0.2, 0.25) is 10.0 Å². The molecule has 0 aliphatic heterocycles. The van der Waals surface area contributed by atoms with Crippen molar-refractivity contribution in [2.24, 2.45) is 0 Å². The van der Waals surface area contributed by atoms with E-state index in [0.29, 0.717) is 19.6 Å². The maximum atomic E-state index is 12.9. The zero-order chi connectivity index (χ0) is 30.5. The van der Waals surface area contributed by atoms with Crippen molar-refractivity contribution in [1.29, 1.82) is 0 Å². The van der Waals surface area contributed by atoms with E-state index in [0.717, 1.165) is 58.9 Å². The second kappa shape index (κ2) is 13.6. The molecule has 2 aromatic carbocycles. The molecule has 0 fully saturated rings. The van der Waals surface area contributed by atoms with Crippen molar-refractivity contribution in [3.63, 3.8) is 0 Å². The first kappa shape index (κ1) is 29.8. The predicted octanol–water partition coefficient (Wildman–Crippen LogP) is 7.19. The van der Waals surface area contributed by atoms with Crippen LogP contribution in [0, 0.1) is 0 Å². The van der Waals surface area contributed by atoms with Crippen molar-refractivity contribution in [3.8, 4) is 17.0 Å².